The van der Waals surface area contributed by atoms with Crippen LogP contribution in [0.3, 0.4) is 0 Å². The van der Waals surface area contributed by atoms with Crippen molar-refractivity contribution in [1.82, 2.24) is 9.55 Å². The van der Waals surface area contributed by atoms with Crippen LogP contribution in [0.4, 0.5) is 4.39 Å². The fourth-order valence-electron chi connectivity index (χ4n) is 2.84. The van der Waals surface area contributed by atoms with E-state index in [9.17, 15) is 13.7 Å². The smallest absolute Gasteiger partial charge is 0.261 e. The zero-order valence-electron chi connectivity index (χ0n) is 16.0. The molecule has 1 heterocycles. The van der Waals surface area contributed by atoms with Gasteiger partial charge in [0.2, 0.25) is 0 Å². The summed E-state index contributed by atoms with van der Waals surface area (Å²) in [7, 11) is 1.56. The van der Waals surface area contributed by atoms with Crippen molar-refractivity contribution in [3.8, 4) is 0 Å². The summed E-state index contributed by atoms with van der Waals surface area (Å²) in [5, 5.41) is 0.423. The molecule has 140 valence electrons. The Bertz CT molecular complexity index is 971. The molecule has 1 fully saturated rings. The molecule has 0 unspecified atom stereocenters. The van der Waals surface area contributed by atoms with Crippen molar-refractivity contribution >= 4 is 28.0 Å². The number of benzene rings is 1. The molecule has 0 aliphatic heterocycles. The van der Waals surface area contributed by atoms with E-state index < -0.39 is 21.8 Å². The van der Waals surface area contributed by atoms with Gasteiger partial charge in [0, 0.05) is 12.6 Å². The zero-order chi connectivity index (χ0) is 19.4. The van der Waals surface area contributed by atoms with Crippen LogP contribution in [0.5, 0.6) is 0 Å². The van der Waals surface area contributed by atoms with Gasteiger partial charge in [-0.15, -0.1) is 0 Å². The monoisotopic (exact) mass is 377 g/mol. The molecule has 1 aromatic heterocycles. The largest absolute Gasteiger partial charge is 0.591 e. The first-order valence-corrected chi connectivity index (χ1v) is 9.73. The van der Waals surface area contributed by atoms with Crippen LogP contribution in [0.1, 0.15) is 57.5 Å². The summed E-state index contributed by atoms with van der Waals surface area (Å²) in [6.07, 6.45) is 0.752. The van der Waals surface area contributed by atoms with Crippen molar-refractivity contribution in [1.29, 1.82) is 0 Å². The number of alkyl halides is 1. The maximum absolute atomic E-state index is 14.7. The Morgan fingerprint density at radius 1 is 1.38 bits per heavy atom. The van der Waals surface area contributed by atoms with Gasteiger partial charge in [-0.25, -0.2) is 9.37 Å². The van der Waals surface area contributed by atoms with Crippen LogP contribution in [0.25, 0.3) is 10.9 Å². The highest BCUT2D eigenvalue weighted by Gasteiger charge is 2.48. The molecule has 7 heteroatoms. The molecule has 5 nitrogen and oxygen atoms in total. The molecule has 1 aliphatic carbocycles. The molecule has 0 N–H and O–H groups in total. The maximum atomic E-state index is 14.7. The predicted octanol–water partition coefficient (Wildman–Crippen LogP) is 3.47. The average molecular weight is 377 g/mol. The SMILES string of the molecule is C/C(=N/[S@+]([O-])C(C)(C)C)c1cc(C)cc2c(=O)n(C)c(C3(F)CC3)nc12. The Morgan fingerprint density at radius 2 is 2.00 bits per heavy atom. The molecule has 0 amide bonds. The number of hydrogen-bond acceptors (Lipinski definition) is 4. The maximum Gasteiger partial charge on any atom is 0.261 e. The van der Waals surface area contributed by atoms with Gasteiger partial charge < -0.3 is 4.55 Å². The first-order chi connectivity index (χ1) is 11.9. The summed E-state index contributed by atoms with van der Waals surface area (Å²) in [5.74, 6) is 0.157. The van der Waals surface area contributed by atoms with Crippen LogP contribution in [0.15, 0.2) is 21.3 Å². The van der Waals surface area contributed by atoms with Crippen molar-refractivity contribution in [2.24, 2.45) is 11.4 Å². The quantitative estimate of drug-likeness (QED) is 0.607. The normalized spacial score (nSPS) is 18.2. The summed E-state index contributed by atoms with van der Waals surface area (Å²) in [4.78, 5) is 17.3. The van der Waals surface area contributed by atoms with E-state index in [4.69, 9.17) is 0 Å². The van der Waals surface area contributed by atoms with Gasteiger partial charge in [-0.05, 0) is 65.2 Å². The minimum Gasteiger partial charge on any atom is -0.591 e. The molecule has 0 saturated heterocycles. The summed E-state index contributed by atoms with van der Waals surface area (Å²) < 4.78 is 32.2. The van der Waals surface area contributed by atoms with E-state index in [1.54, 1.807) is 20.0 Å². The number of nitrogens with zero attached hydrogens (tertiary/aromatic N) is 3. The third kappa shape index (κ3) is 3.30. The summed E-state index contributed by atoms with van der Waals surface area (Å²) in [5.41, 5.74) is 0.650. The van der Waals surface area contributed by atoms with Crippen molar-refractivity contribution in [3.63, 3.8) is 0 Å². The molecule has 2 aromatic rings. The summed E-state index contributed by atoms with van der Waals surface area (Å²) >= 11 is -1.43. The van der Waals surface area contributed by atoms with E-state index in [2.05, 4.69) is 9.38 Å². The van der Waals surface area contributed by atoms with Gasteiger partial charge in [0.1, 0.15) is 21.9 Å². The fraction of sp³-hybridized carbons (Fsp3) is 0.526. The first kappa shape index (κ1) is 19.0. The molecule has 0 spiro atoms. The van der Waals surface area contributed by atoms with Gasteiger partial charge in [0.05, 0.1) is 16.6 Å². The molecule has 1 aliphatic rings. The number of fused-ring (bicyclic) bond motifs is 1. The van der Waals surface area contributed by atoms with Gasteiger partial charge >= 0.3 is 0 Å². The van der Waals surface area contributed by atoms with Gasteiger partial charge in [-0.1, -0.05) is 4.40 Å². The second-order valence-electron chi connectivity index (χ2n) is 8.01. The third-order valence-corrected chi connectivity index (χ3v) is 6.04. The van der Waals surface area contributed by atoms with E-state index in [1.807, 2.05) is 33.8 Å². The van der Waals surface area contributed by atoms with Crippen molar-refractivity contribution in [2.75, 3.05) is 0 Å². The number of hydrogen-bond donors (Lipinski definition) is 0. The minimum absolute atomic E-state index is 0.157. The van der Waals surface area contributed by atoms with Crippen LogP contribution in [-0.2, 0) is 24.1 Å². The van der Waals surface area contributed by atoms with Crippen LogP contribution in [0.2, 0.25) is 0 Å². The van der Waals surface area contributed by atoms with Crippen LogP contribution >= 0.6 is 0 Å². The molecular formula is C19H24FN3O2S. The molecule has 1 saturated carbocycles. The zero-order valence-corrected chi connectivity index (χ0v) is 16.8. The lowest BCUT2D eigenvalue weighted by Crippen LogP contribution is -2.27. The highest BCUT2D eigenvalue weighted by Crippen LogP contribution is 2.48. The Hall–Kier alpha value is -1.73. The second-order valence-corrected chi connectivity index (χ2v) is 9.92. The number of aromatic nitrogens is 2. The molecule has 1 atom stereocenters. The first-order valence-electron chi connectivity index (χ1n) is 8.62. The summed E-state index contributed by atoms with van der Waals surface area (Å²) in [6.45, 7) is 9.17. The van der Waals surface area contributed by atoms with Gasteiger partial charge in [0.25, 0.3) is 5.56 Å². The number of aryl methyl sites for hydroxylation is 1. The third-order valence-electron chi connectivity index (χ3n) is 4.55. The van der Waals surface area contributed by atoms with Crippen molar-refractivity contribution < 1.29 is 8.94 Å². The lowest BCUT2D eigenvalue weighted by molar-refractivity contribution is 0.290. The standard InChI is InChI=1S/C19H24FN3O2S/c1-11-9-13(12(2)22-26(25)18(3,4)5)15-14(10-11)16(24)23(6)17(21-15)19(20)7-8-19/h9-10H,7-8H2,1-6H3/b22-12-/t26-/m1/s1. The van der Waals surface area contributed by atoms with E-state index >= 15 is 0 Å². The highest BCUT2D eigenvalue weighted by molar-refractivity contribution is 7.91. The van der Waals surface area contributed by atoms with E-state index in [-0.39, 0.29) is 11.4 Å². The van der Waals surface area contributed by atoms with E-state index in [0.717, 1.165) is 5.56 Å². The van der Waals surface area contributed by atoms with Gasteiger partial charge in [-0.3, -0.25) is 9.36 Å². The molecule has 26 heavy (non-hydrogen) atoms. The Labute approximate surface area is 155 Å². The van der Waals surface area contributed by atoms with Gasteiger partial charge in [-0.2, -0.15) is 0 Å². The van der Waals surface area contributed by atoms with Crippen LogP contribution in [0, 0.1) is 6.92 Å². The fourth-order valence-corrected chi connectivity index (χ4v) is 3.46. The Balaban J connectivity index is 2.27. The second kappa shape index (κ2) is 6.16. The number of rotatable bonds is 3. The average Bonchev–Trinajstić information content (AvgIpc) is 3.28. The molecule has 3 rings (SSSR count). The topological polar surface area (TPSA) is 70.3 Å². The van der Waals surface area contributed by atoms with Gasteiger partial charge in [0.15, 0.2) is 5.67 Å². The van der Waals surface area contributed by atoms with E-state index in [0.29, 0.717) is 35.0 Å². The highest BCUT2D eigenvalue weighted by atomic mass is 32.2. The Kier molecular flexibility index (Phi) is 4.51. The molecular weight excluding hydrogens is 353 g/mol. The Morgan fingerprint density at radius 3 is 2.54 bits per heavy atom. The lowest BCUT2D eigenvalue weighted by Gasteiger charge is -2.19. The molecule has 0 bridgehead atoms. The van der Waals surface area contributed by atoms with Crippen molar-refractivity contribution in [3.05, 3.63) is 39.4 Å². The van der Waals surface area contributed by atoms with Crippen LogP contribution in [-0.4, -0.2) is 24.6 Å². The molecule has 0 radical (unpaired) electrons. The molecule has 1 aromatic carbocycles. The lowest BCUT2D eigenvalue weighted by atomic mass is 10.0. The van der Waals surface area contributed by atoms with Crippen LogP contribution < -0.4 is 5.56 Å². The summed E-state index contributed by atoms with van der Waals surface area (Å²) in [6, 6.07) is 3.61. The number of halogens is 1. The van der Waals surface area contributed by atoms with E-state index in [1.165, 1.54) is 4.57 Å². The minimum atomic E-state index is -1.52. The predicted molar refractivity (Wildman–Crippen MR) is 104 cm³/mol. The van der Waals surface area contributed by atoms with Crippen molar-refractivity contribution in [2.45, 2.75) is 57.9 Å².